The molecule has 2 fully saturated rings. The van der Waals surface area contributed by atoms with Gasteiger partial charge in [0.1, 0.15) is 17.2 Å². The van der Waals surface area contributed by atoms with Gasteiger partial charge in [-0.3, -0.25) is 29.2 Å². The van der Waals surface area contributed by atoms with Gasteiger partial charge in [-0.05, 0) is 91.6 Å². The average molecular weight is 831 g/mol. The fraction of sp³-hybridized carbons (Fsp3) is 0.298. The molecule has 2 saturated heterocycles. The predicted octanol–water partition coefficient (Wildman–Crippen LogP) is 7.93. The molecule has 61 heavy (non-hydrogen) atoms. The highest BCUT2D eigenvalue weighted by Gasteiger charge is 2.35. The Morgan fingerprint density at radius 2 is 1.21 bits per heavy atom. The number of carbonyl (C=O) groups is 6. The lowest BCUT2D eigenvalue weighted by Crippen LogP contribution is -2.33. The minimum absolute atomic E-state index is 0.00127. The number of imidazole rings is 1. The molecule has 2 aliphatic heterocycles. The lowest BCUT2D eigenvalue weighted by molar-refractivity contribution is -0.197. The third-order valence-corrected chi connectivity index (χ3v) is 10.3. The lowest BCUT2D eigenvalue weighted by Gasteiger charge is -2.31. The summed E-state index contributed by atoms with van der Waals surface area (Å²) in [4.78, 5) is 78.8. The van der Waals surface area contributed by atoms with E-state index < -0.39 is 35.0 Å². The number of unbranched alkanes of at least 4 members (excludes halogenated alkanes) is 1. The Hall–Kier alpha value is -6.93. The number of hydrogen-bond acceptors (Lipinski definition) is 11. The first kappa shape index (κ1) is 45.2. The number of nitrogens with zero attached hydrogens (tertiary/aromatic N) is 4. The quantitative estimate of drug-likeness (QED) is 0.0654. The van der Waals surface area contributed by atoms with Crippen molar-refractivity contribution in [1.82, 2.24) is 19.7 Å². The number of rotatable bonds is 14. The molecule has 1 aromatic heterocycles. The third-order valence-electron chi connectivity index (χ3n) is 10.3. The van der Waals surface area contributed by atoms with E-state index in [4.69, 9.17) is 19.5 Å². The maximum absolute atomic E-state index is 12.9. The normalized spacial score (nSPS) is 14.4. The fourth-order valence-electron chi connectivity index (χ4n) is 6.47. The number of benzene rings is 4. The summed E-state index contributed by atoms with van der Waals surface area (Å²) in [5.74, 6) is -0.866. The summed E-state index contributed by atoms with van der Waals surface area (Å²) in [7, 11) is 1.58. The topological polar surface area (TPSA) is 175 Å². The molecule has 0 spiro atoms. The van der Waals surface area contributed by atoms with E-state index in [1.54, 1.807) is 55.6 Å². The van der Waals surface area contributed by atoms with Gasteiger partial charge in [-0.25, -0.2) is 9.78 Å². The van der Waals surface area contributed by atoms with Gasteiger partial charge in [0, 0.05) is 67.6 Å². The van der Waals surface area contributed by atoms with E-state index >= 15 is 0 Å². The highest BCUT2D eigenvalue weighted by molar-refractivity contribution is 6.09. The summed E-state index contributed by atoms with van der Waals surface area (Å²) in [6.07, 6.45) is 8.94. The van der Waals surface area contributed by atoms with Crippen LogP contribution in [0.25, 0.3) is 0 Å². The smallest absolute Gasteiger partial charge is 0.333 e. The maximum atomic E-state index is 12.9. The summed E-state index contributed by atoms with van der Waals surface area (Å²) in [6, 6.07) is 29.7. The highest BCUT2D eigenvalue weighted by atomic mass is 16.7. The van der Waals surface area contributed by atoms with Crippen molar-refractivity contribution in [2.75, 3.05) is 7.11 Å². The van der Waals surface area contributed by atoms with Gasteiger partial charge in [0.15, 0.2) is 5.78 Å². The van der Waals surface area contributed by atoms with Crippen LogP contribution >= 0.6 is 0 Å². The summed E-state index contributed by atoms with van der Waals surface area (Å²) < 4.78 is 13.3. The molecule has 4 amide bonds. The number of carbonyl (C=O) groups excluding carboxylic acids is 6. The Labute approximate surface area is 354 Å². The van der Waals surface area contributed by atoms with Gasteiger partial charge in [0.25, 0.3) is 23.6 Å². The van der Waals surface area contributed by atoms with Crippen LogP contribution in [0.3, 0.4) is 0 Å². The number of ether oxygens (including phenoxy) is 2. The number of imide groups is 2. The van der Waals surface area contributed by atoms with Crippen LogP contribution in [0.2, 0.25) is 0 Å². The summed E-state index contributed by atoms with van der Waals surface area (Å²) in [5.41, 5.74) is 3.61. The molecule has 1 N–H and O–H groups in total. The molecule has 0 aliphatic carbocycles. The van der Waals surface area contributed by atoms with E-state index in [9.17, 15) is 28.8 Å². The number of methoxy groups -OCH3 is 1. The van der Waals surface area contributed by atoms with Crippen LogP contribution < -0.4 is 9.47 Å². The first-order valence-corrected chi connectivity index (χ1v) is 20.0. The van der Waals surface area contributed by atoms with Crippen molar-refractivity contribution in [3.05, 3.63) is 144 Å². The molecule has 0 radical (unpaired) electrons. The molecule has 14 heteroatoms. The van der Waals surface area contributed by atoms with Crippen LogP contribution in [0, 0.1) is 6.92 Å². The standard InChI is InChI=1S/C36H33NO7.C7H12N2.C4H5NO3/c1-24-4-10-27(11-5-24)36(2,23-22-34(40)44-37-32(38)20-21-33(37)39)28-12-18-31(19-13-28)43-30-16-8-26(9-17-30)35(41)25-6-14-29(42-3)15-7-25;1-2-3-5-9-6-4-8-7-9;6-3-1-2-4(7)5(3)8/h4-19H,20-23H2,1-3H3;4,6-7H,2-3,5H2,1H3;8H,1-2H2. The molecule has 4 aromatic carbocycles. The SMILES string of the molecule is CCCCn1ccnc1.COc1ccc(C(=O)c2ccc(Oc3ccc(C(C)(CCC(=O)ON4C(=O)CCC4=O)c4ccc(C)cc4)cc3)cc2)cc1.O=C1CCC(=O)N1O. The Morgan fingerprint density at radius 1 is 0.721 bits per heavy atom. The number of hydroxylamine groups is 4. The van der Waals surface area contributed by atoms with Gasteiger partial charge in [0.05, 0.1) is 13.4 Å². The number of ketones is 1. The molecule has 2 aliphatic rings. The zero-order valence-corrected chi connectivity index (χ0v) is 34.7. The average Bonchev–Trinajstić information content (AvgIpc) is 4.00. The molecule has 14 nitrogen and oxygen atoms in total. The van der Waals surface area contributed by atoms with Crippen molar-refractivity contribution in [2.45, 2.75) is 84.1 Å². The second-order valence-electron chi connectivity index (χ2n) is 14.7. The second-order valence-corrected chi connectivity index (χ2v) is 14.7. The minimum atomic E-state index is -0.638. The molecule has 1 unspecified atom stereocenters. The zero-order chi connectivity index (χ0) is 43.9. The van der Waals surface area contributed by atoms with Crippen molar-refractivity contribution in [3.8, 4) is 17.2 Å². The van der Waals surface area contributed by atoms with Crippen molar-refractivity contribution in [2.24, 2.45) is 0 Å². The van der Waals surface area contributed by atoms with Crippen molar-refractivity contribution in [3.63, 3.8) is 0 Å². The van der Waals surface area contributed by atoms with Crippen molar-refractivity contribution < 1.29 is 48.3 Å². The fourth-order valence-corrected chi connectivity index (χ4v) is 6.47. The summed E-state index contributed by atoms with van der Waals surface area (Å²) in [5, 5.41) is 9.15. The molecule has 5 aromatic rings. The number of aryl methyl sites for hydroxylation is 2. The summed E-state index contributed by atoms with van der Waals surface area (Å²) >= 11 is 0. The molecule has 7 rings (SSSR count). The van der Waals surface area contributed by atoms with E-state index in [0.29, 0.717) is 39.9 Å². The van der Waals surface area contributed by atoms with E-state index in [1.807, 2.05) is 81.1 Å². The monoisotopic (exact) mass is 830 g/mol. The lowest BCUT2D eigenvalue weighted by atomic mass is 9.73. The molecule has 0 bridgehead atoms. The third kappa shape index (κ3) is 12.3. The zero-order valence-electron chi connectivity index (χ0n) is 34.7. The van der Waals surface area contributed by atoms with Gasteiger partial charge >= 0.3 is 5.97 Å². The van der Waals surface area contributed by atoms with Crippen LogP contribution in [0.1, 0.15) is 97.8 Å². The van der Waals surface area contributed by atoms with Gasteiger partial charge in [0.2, 0.25) is 0 Å². The van der Waals surface area contributed by atoms with Gasteiger partial charge in [-0.15, -0.1) is 5.06 Å². The van der Waals surface area contributed by atoms with Gasteiger partial charge in [-0.2, -0.15) is 5.06 Å². The Balaban J connectivity index is 0.000000341. The van der Waals surface area contributed by atoms with Crippen molar-refractivity contribution in [1.29, 1.82) is 0 Å². The van der Waals surface area contributed by atoms with Crippen LogP contribution in [0.5, 0.6) is 17.2 Å². The number of amides is 4. The molecule has 3 heterocycles. The van der Waals surface area contributed by atoms with E-state index in [1.165, 1.54) is 12.8 Å². The first-order chi connectivity index (χ1) is 29.3. The molecule has 1 atom stereocenters. The van der Waals surface area contributed by atoms with Gasteiger partial charge < -0.3 is 18.9 Å². The van der Waals surface area contributed by atoms with Gasteiger partial charge in [-0.1, -0.05) is 62.2 Å². The predicted molar refractivity (Wildman–Crippen MR) is 223 cm³/mol. The molecule has 318 valence electrons. The number of aromatic nitrogens is 2. The van der Waals surface area contributed by atoms with E-state index in [-0.39, 0.29) is 43.0 Å². The van der Waals surface area contributed by atoms with E-state index in [0.717, 1.165) is 23.2 Å². The Bertz CT molecular complexity index is 2240. The minimum Gasteiger partial charge on any atom is -0.497 e. The largest absolute Gasteiger partial charge is 0.497 e. The van der Waals surface area contributed by atoms with Crippen LogP contribution in [-0.4, -0.2) is 67.4 Å². The van der Waals surface area contributed by atoms with Crippen molar-refractivity contribution >= 4 is 35.4 Å². The molecular weight excluding hydrogens is 781 g/mol. The molecule has 0 saturated carbocycles. The molecular formula is C47H50N4O10. The maximum Gasteiger partial charge on any atom is 0.333 e. The highest BCUT2D eigenvalue weighted by Crippen LogP contribution is 2.38. The van der Waals surface area contributed by atoms with Crippen LogP contribution in [0.15, 0.2) is 116 Å². The Morgan fingerprint density at radius 3 is 1.67 bits per heavy atom. The Kier molecular flexibility index (Phi) is 15.8. The first-order valence-electron chi connectivity index (χ1n) is 20.0. The van der Waals surface area contributed by atoms with E-state index in [2.05, 4.69) is 16.5 Å². The summed E-state index contributed by atoms with van der Waals surface area (Å²) in [6.45, 7) is 7.36. The number of hydrogen-bond donors (Lipinski definition) is 1. The van der Waals surface area contributed by atoms with Crippen LogP contribution in [-0.2, 0) is 40.8 Å². The van der Waals surface area contributed by atoms with Crippen LogP contribution in [0.4, 0.5) is 0 Å². The second kappa shape index (κ2) is 21.4.